The average Bonchev–Trinajstić information content (AvgIpc) is 2.62. The molecule has 1 aromatic carbocycles. The molecule has 0 radical (unpaired) electrons. The Balaban J connectivity index is 1.93. The van der Waals surface area contributed by atoms with Crippen molar-refractivity contribution >= 4 is 16.7 Å². The second kappa shape index (κ2) is 7.81. The first-order valence-electron chi connectivity index (χ1n) is 7.89. The molecular formula is C18H20N4O2. The maximum absolute atomic E-state index is 8.75. The van der Waals surface area contributed by atoms with Gasteiger partial charge in [-0.2, -0.15) is 0 Å². The molecule has 0 saturated heterocycles. The number of aliphatic hydroxyl groups is 1. The molecule has 0 spiro atoms. The maximum atomic E-state index is 8.75. The lowest BCUT2D eigenvalue weighted by atomic mass is 10.1. The number of aromatic nitrogens is 3. The molecule has 0 aliphatic carbocycles. The van der Waals surface area contributed by atoms with Gasteiger partial charge in [0.05, 0.1) is 25.3 Å². The minimum absolute atomic E-state index is 0.0286. The number of hydrogen-bond acceptors (Lipinski definition) is 6. The summed E-state index contributed by atoms with van der Waals surface area (Å²) >= 11 is 0. The lowest BCUT2D eigenvalue weighted by Crippen LogP contribution is -2.13. The Morgan fingerprint density at radius 1 is 1.17 bits per heavy atom. The van der Waals surface area contributed by atoms with E-state index in [1.165, 1.54) is 0 Å². The fourth-order valence-corrected chi connectivity index (χ4v) is 2.41. The van der Waals surface area contributed by atoms with Crippen molar-refractivity contribution in [3.05, 3.63) is 48.3 Å². The zero-order valence-electron chi connectivity index (χ0n) is 13.6. The number of ether oxygens (including phenoxy) is 1. The molecule has 2 heterocycles. The lowest BCUT2D eigenvalue weighted by Gasteiger charge is -2.11. The molecule has 0 amide bonds. The Hall–Kier alpha value is -2.57. The standard InChI is InChI=1S/C18H20N4O2/c1-13-4-5-16-15(11-13)18(20-7-9-24-10-8-23)22-17(21-16)14-3-2-6-19-12-14/h2-6,11-12,23H,7-10H2,1H3,(H,20,21,22). The molecule has 3 aromatic rings. The van der Waals surface area contributed by atoms with Crippen LogP contribution < -0.4 is 5.32 Å². The van der Waals surface area contributed by atoms with E-state index in [2.05, 4.69) is 26.3 Å². The molecule has 0 bridgehead atoms. The molecule has 24 heavy (non-hydrogen) atoms. The third-order valence-corrected chi connectivity index (χ3v) is 3.55. The number of fused-ring (bicyclic) bond motifs is 1. The Labute approximate surface area is 140 Å². The van der Waals surface area contributed by atoms with Gasteiger partial charge in [0, 0.05) is 29.9 Å². The highest BCUT2D eigenvalue weighted by Crippen LogP contribution is 2.25. The van der Waals surface area contributed by atoms with Crippen molar-refractivity contribution in [1.29, 1.82) is 0 Å². The van der Waals surface area contributed by atoms with E-state index in [9.17, 15) is 0 Å². The normalized spacial score (nSPS) is 10.9. The Morgan fingerprint density at radius 2 is 2.08 bits per heavy atom. The summed E-state index contributed by atoms with van der Waals surface area (Å²) in [6, 6.07) is 9.92. The van der Waals surface area contributed by atoms with E-state index >= 15 is 0 Å². The van der Waals surface area contributed by atoms with Gasteiger partial charge in [-0.25, -0.2) is 9.97 Å². The molecule has 6 heteroatoms. The molecule has 0 aliphatic rings. The number of nitrogens with zero attached hydrogens (tertiary/aromatic N) is 3. The monoisotopic (exact) mass is 324 g/mol. The summed E-state index contributed by atoms with van der Waals surface area (Å²) in [5, 5.41) is 13.0. The van der Waals surface area contributed by atoms with Crippen LogP contribution in [-0.2, 0) is 4.74 Å². The third kappa shape index (κ3) is 3.84. The molecule has 6 nitrogen and oxygen atoms in total. The van der Waals surface area contributed by atoms with Crippen LogP contribution in [0.2, 0.25) is 0 Å². The van der Waals surface area contributed by atoms with Crippen LogP contribution in [0.15, 0.2) is 42.7 Å². The largest absolute Gasteiger partial charge is 0.394 e. The number of benzene rings is 1. The third-order valence-electron chi connectivity index (χ3n) is 3.55. The van der Waals surface area contributed by atoms with Crippen molar-refractivity contribution in [2.45, 2.75) is 6.92 Å². The van der Waals surface area contributed by atoms with Gasteiger partial charge in [-0.05, 0) is 31.2 Å². The predicted molar refractivity (Wildman–Crippen MR) is 93.9 cm³/mol. The van der Waals surface area contributed by atoms with Gasteiger partial charge in [0.15, 0.2) is 5.82 Å². The Bertz CT molecular complexity index is 809. The molecule has 3 rings (SSSR count). The van der Waals surface area contributed by atoms with Gasteiger partial charge in [-0.3, -0.25) is 4.98 Å². The van der Waals surface area contributed by atoms with Crippen LogP contribution in [0.4, 0.5) is 5.82 Å². The zero-order valence-corrected chi connectivity index (χ0v) is 13.6. The van der Waals surface area contributed by atoms with E-state index in [1.807, 2.05) is 31.2 Å². The van der Waals surface area contributed by atoms with E-state index in [4.69, 9.17) is 9.84 Å². The summed E-state index contributed by atoms with van der Waals surface area (Å²) in [4.78, 5) is 13.4. The second-order valence-corrected chi connectivity index (χ2v) is 5.42. The highest BCUT2D eigenvalue weighted by atomic mass is 16.5. The van der Waals surface area contributed by atoms with Crippen molar-refractivity contribution in [2.24, 2.45) is 0 Å². The van der Waals surface area contributed by atoms with Crippen LogP contribution in [0, 0.1) is 6.92 Å². The highest BCUT2D eigenvalue weighted by molar-refractivity contribution is 5.91. The second-order valence-electron chi connectivity index (χ2n) is 5.42. The van der Waals surface area contributed by atoms with Gasteiger partial charge in [0.1, 0.15) is 5.82 Å². The molecule has 124 valence electrons. The van der Waals surface area contributed by atoms with E-state index in [-0.39, 0.29) is 6.61 Å². The molecule has 2 N–H and O–H groups in total. The molecule has 2 aromatic heterocycles. The number of hydrogen-bond donors (Lipinski definition) is 2. The van der Waals surface area contributed by atoms with E-state index in [0.29, 0.717) is 25.6 Å². The average molecular weight is 324 g/mol. The molecule has 0 aliphatic heterocycles. The van der Waals surface area contributed by atoms with Crippen molar-refractivity contribution in [3.63, 3.8) is 0 Å². The molecular weight excluding hydrogens is 304 g/mol. The van der Waals surface area contributed by atoms with Crippen molar-refractivity contribution < 1.29 is 9.84 Å². The van der Waals surface area contributed by atoms with Crippen LogP contribution >= 0.6 is 0 Å². The summed E-state index contributed by atoms with van der Waals surface area (Å²) in [6.45, 7) is 3.52. The van der Waals surface area contributed by atoms with Gasteiger partial charge in [-0.1, -0.05) is 11.6 Å². The van der Waals surface area contributed by atoms with Crippen LogP contribution in [0.3, 0.4) is 0 Å². The number of pyridine rings is 1. The molecule has 0 saturated carbocycles. The Kier molecular flexibility index (Phi) is 5.30. The highest BCUT2D eigenvalue weighted by Gasteiger charge is 2.09. The van der Waals surface area contributed by atoms with Crippen LogP contribution in [0.5, 0.6) is 0 Å². The number of rotatable bonds is 7. The fourth-order valence-electron chi connectivity index (χ4n) is 2.41. The van der Waals surface area contributed by atoms with Crippen molar-refractivity contribution in [2.75, 3.05) is 31.7 Å². The predicted octanol–water partition coefficient (Wildman–Crippen LogP) is 2.42. The first-order chi connectivity index (χ1) is 11.8. The van der Waals surface area contributed by atoms with Gasteiger partial charge in [-0.15, -0.1) is 0 Å². The van der Waals surface area contributed by atoms with Crippen LogP contribution in [0.1, 0.15) is 5.56 Å². The molecule has 0 atom stereocenters. The van der Waals surface area contributed by atoms with Crippen molar-refractivity contribution in [1.82, 2.24) is 15.0 Å². The summed E-state index contributed by atoms with van der Waals surface area (Å²) < 4.78 is 5.29. The zero-order chi connectivity index (χ0) is 16.8. The summed E-state index contributed by atoms with van der Waals surface area (Å²) in [5.74, 6) is 1.41. The first-order valence-corrected chi connectivity index (χ1v) is 7.89. The van der Waals surface area contributed by atoms with E-state index in [0.717, 1.165) is 27.8 Å². The minimum atomic E-state index is 0.0286. The topological polar surface area (TPSA) is 80.2 Å². The summed E-state index contributed by atoms with van der Waals surface area (Å²) in [5.41, 5.74) is 2.91. The number of aliphatic hydroxyl groups excluding tert-OH is 1. The maximum Gasteiger partial charge on any atom is 0.163 e. The molecule has 0 fully saturated rings. The summed E-state index contributed by atoms with van der Waals surface area (Å²) in [7, 11) is 0. The van der Waals surface area contributed by atoms with Crippen molar-refractivity contribution in [3.8, 4) is 11.4 Å². The van der Waals surface area contributed by atoms with Crippen LogP contribution in [-0.4, -0.2) is 46.4 Å². The van der Waals surface area contributed by atoms with E-state index in [1.54, 1.807) is 12.4 Å². The summed E-state index contributed by atoms with van der Waals surface area (Å²) in [6.07, 6.45) is 3.48. The number of aryl methyl sites for hydroxylation is 1. The smallest absolute Gasteiger partial charge is 0.163 e. The fraction of sp³-hybridized carbons (Fsp3) is 0.278. The molecule has 0 unspecified atom stereocenters. The first kappa shape index (κ1) is 16.3. The van der Waals surface area contributed by atoms with Gasteiger partial charge >= 0.3 is 0 Å². The number of nitrogens with one attached hydrogen (secondary N) is 1. The Morgan fingerprint density at radius 3 is 2.88 bits per heavy atom. The quantitative estimate of drug-likeness (QED) is 0.650. The SMILES string of the molecule is Cc1ccc2nc(-c3cccnc3)nc(NCCOCCO)c2c1. The van der Waals surface area contributed by atoms with Gasteiger partial charge in [0.25, 0.3) is 0 Å². The van der Waals surface area contributed by atoms with Crippen LogP contribution in [0.25, 0.3) is 22.3 Å². The lowest BCUT2D eigenvalue weighted by molar-refractivity contribution is 0.0992. The minimum Gasteiger partial charge on any atom is -0.394 e. The van der Waals surface area contributed by atoms with Gasteiger partial charge in [0.2, 0.25) is 0 Å². The van der Waals surface area contributed by atoms with Gasteiger partial charge < -0.3 is 15.2 Å². The number of anilines is 1. The van der Waals surface area contributed by atoms with E-state index < -0.39 is 0 Å².